The zero-order chi connectivity index (χ0) is 24.7. The average Bonchev–Trinajstić information content (AvgIpc) is 2.89. The number of piperazine rings is 1. The molecule has 0 saturated carbocycles. The number of morpholine rings is 1. The van der Waals surface area contributed by atoms with E-state index in [4.69, 9.17) is 21.1 Å². The van der Waals surface area contributed by atoms with Gasteiger partial charge in [0, 0.05) is 45.8 Å². The van der Waals surface area contributed by atoms with E-state index in [-0.39, 0.29) is 28.2 Å². The van der Waals surface area contributed by atoms with Gasteiger partial charge in [0.05, 0.1) is 23.1 Å². The second-order valence-corrected chi connectivity index (χ2v) is 10.7. The Bertz CT molecular complexity index is 1130. The zero-order valence-corrected chi connectivity index (χ0v) is 21.1. The first kappa shape index (κ1) is 25.7. The number of hydrogen-bond donors (Lipinski definition) is 0. The summed E-state index contributed by atoms with van der Waals surface area (Å²) < 4.78 is 37.8. The van der Waals surface area contributed by atoms with Crippen molar-refractivity contribution in [2.45, 2.75) is 4.90 Å². The third-order valence-electron chi connectivity index (χ3n) is 6.06. The molecule has 0 atom stereocenters. The van der Waals surface area contributed by atoms with Gasteiger partial charge in [0.1, 0.15) is 5.75 Å². The monoisotopic (exact) mass is 519 g/mol. The number of ether oxygens (including phenoxy) is 2. The first-order valence-electron chi connectivity index (χ1n) is 11.7. The predicted octanol–water partition coefficient (Wildman–Crippen LogP) is 2.60. The highest BCUT2D eigenvalue weighted by molar-refractivity contribution is 7.89. The standard InChI is InChI=1S/C25H30ClN3O5S/c26-23-19-22(35(31,32)29-15-17-33-18-16-29)8-9-24(23)34-20-25(30)28-13-11-27(12-14-28)10-4-7-21-5-2-1-3-6-21/h1-9,19H,10-18,20H2/b7-4+. The van der Waals surface area contributed by atoms with E-state index in [0.29, 0.717) is 39.4 Å². The van der Waals surface area contributed by atoms with Crippen molar-refractivity contribution in [3.05, 3.63) is 65.2 Å². The molecule has 0 bridgehead atoms. The van der Waals surface area contributed by atoms with Crippen molar-refractivity contribution in [3.63, 3.8) is 0 Å². The van der Waals surface area contributed by atoms with E-state index in [0.717, 1.165) is 19.6 Å². The van der Waals surface area contributed by atoms with E-state index in [2.05, 4.69) is 29.2 Å². The number of hydrogen-bond acceptors (Lipinski definition) is 6. The van der Waals surface area contributed by atoms with Crippen molar-refractivity contribution in [2.75, 3.05) is 65.6 Å². The van der Waals surface area contributed by atoms with Crippen LogP contribution in [0.2, 0.25) is 5.02 Å². The van der Waals surface area contributed by atoms with Gasteiger partial charge in [-0.2, -0.15) is 4.31 Å². The molecule has 2 aliphatic rings. The molecule has 2 heterocycles. The summed E-state index contributed by atoms with van der Waals surface area (Å²) in [7, 11) is -3.65. The molecule has 2 saturated heterocycles. The van der Waals surface area contributed by atoms with Crippen molar-refractivity contribution >= 4 is 33.6 Å². The fraction of sp³-hybridized carbons (Fsp3) is 0.400. The molecule has 2 aromatic rings. The van der Waals surface area contributed by atoms with Crippen LogP contribution in [0.25, 0.3) is 6.08 Å². The Kier molecular flexibility index (Phi) is 8.80. The Balaban J connectivity index is 1.24. The lowest BCUT2D eigenvalue weighted by atomic mass is 10.2. The number of rotatable bonds is 8. The molecule has 4 rings (SSSR count). The van der Waals surface area contributed by atoms with Crippen LogP contribution < -0.4 is 4.74 Å². The summed E-state index contributed by atoms with van der Waals surface area (Å²) in [5.41, 5.74) is 1.17. The third-order valence-corrected chi connectivity index (χ3v) is 8.25. The predicted molar refractivity (Wildman–Crippen MR) is 135 cm³/mol. The van der Waals surface area contributed by atoms with Gasteiger partial charge in [0.15, 0.2) is 6.61 Å². The van der Waals surface area contributed by atoms with Gasteiger partial charge in [-0.15, -0.1) is 0 Å². The van der Waals surface area contributed by atoms with Crippen molar-refractivity contribution in [3.8, 4) is 5.75 Å². The van der Waals surface area contributed by atoms with Gasteiger partial charge < -0.3 is 14.4 Å². The lowest BCUT2D eigenvalue weighted by Crippen LogP contribution is -2.49. The summed E-state index contributed by atoms with van der Waals surface area (Å²) in [6.07, 6.45) is 4.24. The van der Waals surface area contributed by atoms with E-state index in [1.807, 2.05) is 18.2 Å². The molecule has 2 aliphatic heterocycles. The van der Waals surface area contributed by atoms with E-state index in [1.54, 1.807) is 4.90 Å². The molecular formula is C25H30ClN3O5S. The molecule has 0 aliphatic carbocycles. The Morgan fingerprint density at radius 3 is 2.40 bits per heavy atom. The lowest BCUT2D eigenvalue weighted by Gasteiger charge is -2.34. The molecule has 0 radical (unpaired) electrons. The smallest absolute Gasteiger partial charge is 0.260 e. The number of carbonyl (C=O) groups excluding carboxylic acids is 1. The minimum Gasteiger partial charge on any atom is -0.482 e. The van der Waals surface area contributed by atoms with Crippen LogP contribution in [-0.4, -0.2) is 94.1 Å². The normalized spacial score (nSPS) is 18.1. The fourth-order valence-corrected chi connectivity index (χ4v) is 5.74. The van der Waals surface area contributed by atoms with E-state index in [1.165, 1.54) is 28.1 Å². The molecule has 2 aromatic carbocycles. The Hall–Kier alpha value is -2.43. The van der Waals surface area contributed by atoms with Crippen LogP contribution >= 0.6 is 11.6 Å². The van der Waals surface area contributed by atoms with Gasteiger partial charge in [-0.05, 0) is 23.8 Å². The molecule has 0 N–H and O–H groups in total. The molecule has 0 spiro atoms. The molecule has 0 unspecified atom stereocenters. The lowest BCUT2D eigenvalue weighted by molar-refractivity contribution is -0.135. The SMILES string of the molecule is O=C(COc1ccc(S(=O)(=O)N2CCOCC2)cc1Cl)N1CCN(C/C=C/c2ccccc2)CC1. The molecule has 0 aromatic heterocycles. The number of amides is 1. The Labute approximate surface area is 211 Å². The highest BCUT2D eigenvalue weighted by atomic mass is 35.5. The third kappa shape index (κ3) is 6.83. The second kappa shape index (κ2) is 12.0. The molecular weight excluding hydrogens is 490 g/mol. The van der Waals surface area contributed by atoms with E-state index in [9.17, 15) is 13.2 Å². The number of benzene rings is 2. The summed E-state index contributed by atoms with van der Waals surface area (Å²) in [6, 6.07) is 14.5. The maximum absolute atomic E-state index is 12.8. The quantitative estimate of drug-likeness (QED) is 0.533. The minimum atomic E-state index is -3.65. The highest BCUT2D eigenvalue weighted by Gasteiger charge is 2.27. The van der Waals surface area contributed by atoms with E-state index < -0.39 is 10.0 Å². The van der Waals surface area contributed by atoms with Crippen LogP contribution in [0.4, 0.5) is 0 Å². The zero-order valence-electron chi connectivity index (χ0n) is 19.5. The number of halogens is 1. The summed E-state index contributed by atoms with van der Waals surface area (Å²) in [6.45, 7) is 4.89. The average molecular weight is 520 g/mol. The first-order valence-corrected chi connectivity index (χ1v) is 13.5. The van der Waals surface area contributed by atoms with Crippen LogP contribution in [-0.2, 0) is 19.6 Å². The molecule has 8 nitrogen and oxygen atoms in total. The van der Waals surface area contributed by atoms with Crippen LogP contribution in [0.1, 0.15) is 5.56 Å². The number of carbonyl (C=O) groups is 1. The summed E-state index contributed by atoms with van der Waals surface area (Å²) >= 11 is 6.28. The van der Waals surface area contributed by atoms with Gasteiger partial charge >= 0.3 is 0 Å². The number of nitrogens with zero attached hydrogens (tertiary/aromatic N) is 3. The highest BCUT2D eigenvalue weighted by Crippen LogP contribution is 2.29. The topological polar surface area (TPSA) is 79.4 Å². The molecule has 2 fully saturated rings. The van der Waals surface area contributed by atoms with Crippen molar-refractivity contribution < 1.29 is 22.7 Å². The maximum Gasteiger partial charge on any atom is 0.260 e. The number of sulfonamides is 1. The van der Waals surface area contributed by atoms with Gasteiger partial charge in [-0.1, -0.05) is 54.1 Å². The van der Waals surface area contributed by atoms with Crippen molar-refractivity contribution in [1.29, 1.82) is 0 Å². The Morgan fingerprint density at radius 1 is 1.00 bits per heavy atom. The first-order chi connectivity index (χ1) is 16.9. The Morgan fingerprint density at radius 2 is 1.71 bits per heavy atom. The summed E-state index contributed by atoms with van der Waals surface area (Å²) in [5.74, 6) is 0.163. The van der Waals surface area contributed by atoms with Crippen LogP contribution in [0, 0.1) is 0 Å². The molecule has 1 amide bonds. The maximum atomic E-state index is 12.8. The second-order valence-electron chi connectivity index (χ2n) is 8.39. The van der Waals surface area contributed by atoms with Crippen molar-refractivity contribution in [2.24, 2.45) is 0 Å². The fourth-order valence-electron chi connectivity index (χ4n) is 4.01. The van der Waals surface area contributed by atoms with E-state index >= 15 is 0 Å². The van der Waals surface area contributed by atoms with Crippen LogP contribution in [0.15, 0.2) is 59.5 Å². The van der Waals surface area contributed by atoms with Crippen molar-refractivity contribution in [1.82, 2.24) is 14.1 Å². The van der Waals surface area contributed by atoms with Crippen LogP contribution in [0.5, 0.6) is 5.75 Å². The minimum absolute atomic E-state index is 0.0977. The van der Waals surface area contributed by atoms with Gasteiger partial charge in [-0.25, -0.2) is 8.42 Å². The summed E-state index contributed by atoms with van der Waals surface area (Å²) in [5, 5.41) is 0.155. The van der Waals surface area contributed by atoms with Gasteiger partial charge in [-0.3, -0.25) is 9.69 Å². The molecule has 188 valence electrons. The van der Waals surface area contributed by atoms with Gasteiger partial charge in [0.25, 0.3) is 5.91 Å². The largest absolute Gasteiger partial charge is 0.482 e. The molecule has 35 heavy (non-hydrogen) atoms. The molecule has 10 heteroatoms. The summed E-state index contributed by atoms with van der Waals surface area (Å²) in [4.78, 5) is 16.8. The van der Waals surface area contributed by atoms with Crippen LogP contribution in [0.3, 0.4) is 0 Å². The van der Waals surface area contributed by atoms with Gasteiger partial charge in [0.2, 0.25) is 10.0 Å².